The molecule has 1 aliphatic carbocycles. The second-order valence-corrected chi connectivity index (χ2v) is 5.98. The summed E-state index contributed by atoms with van der Waals surface area (Å²) in [4.78, 5) is 2.75. The van der Waals surface area contributed by atoms with E-state index in [0.717, 1.165) is 5.56 Å². The third-order valence-corrected chi connectivity index (χ3v) is 4.07. The molecule has 19 heavy (non-hydrogen) atoms. The van der Waals surface area contributed by atoms with E-state index < -0.39 is 0 Å². The van der Waals surface area contributed by atoms with Gasteiger partial charge in [-0.1, -0.05) is 42.7 Å². The first-order valence-corrected chi connectivity index (χ1v) is 7.31. The van der Waals surface area contributed by atoms with Gasteiger partial charge in [0.1, 0.15) is 5.82 Å². The molecule has 0 aliphatic heterocycles. The monoisotopic (exact) mass is 300 g/mol. The summed E-state index contributed by atoms with van der Waals surface area (Å²) in [6.07, 6.45) is 4.83. The van der Waals surface area contributed by atoms with Gasteiger partial charge in [0.05, 0.1) is 4.99 Å². The Morgan fingerprint density at radius 3 is 2.68 bits per heavy atom. The molecule has 2 N–H and O–H groups in total. The number of halogens is 2. The van der Waals surface area contributed by atoms with Crippen LogP contribution in [0.2, 0.25) is 5.02 Å². The van der Waals surface area contributed by atoms with Crippen molar-refractivity contribution in [3.63, 3.8) is 0 Å². The Kier molecular flexibility index (Phi) is 5.13. The lowest BCUT2D eigenvalue weighted by atomic mass is 10.1. The van der Waals surface area contributed by atoms with Crippen LogP contribution in [-0.4, -0.2) is 22.5 Å². The van der Waals surface area contributed by atoms with Crippen LogP contribution in [0.25, 0.3) is 0 Å². The van der Waals surface area contributed by atoms with Crippen molar-refractivity contribution in [1.82, 2.24) is 4.90 Å². The van der Waals surface area contributed by atoms with E-state index in [1.807, 2.05) is 0 Å². The molecule has 0 atom stereocenters. The molecule has 2 nitrogen and oxygen atoms in total. The van der Waals surface area contributed by atoms with Crippen LogP contribution in [0.15, 0.2) is 18.2 Å². The van der Waals surface area contributed by atoms with E-state index in [4.69, 9.17) is 29.6 Å². The van der Waals surface area contributed by atoms with Gasteiger partial charge in [0.15, 0.2) is 0 Å². The fourth-order valence-corrected chi connectivity index (χ4v) is 3.05. The van der Waals surface area contributed by atoms with Crippen molar-refractivity contribution in [2.45, 2.75) is 38.3 Å². The molecular weight excluding hydrogens is 283 g/mol. The fraction of sp³-hybridized carbons (Fsp3) is 0.500. The molecule has 104 valence electrons. The Morgan fingerprint density at radius 1 is 1.42 bits per heavy atom. The van der Waals surface area contributed by atoms with Gasteiger partial charge in [0.25, 0.3) is 0 Å². The van der Waals surface area contributed by atoms with Crippen LogP contribution < -0.4 is 5.73 Å². The Labute approximate surface area is 123 Å². The third-order valence-electron chi connectivity index (χ3n) is 3.59. The SMILES string of the molecule is NC(=S)CN(Cc1ccc(F)cc1Cl)C1CCCC1. The van der Waals surface area contributed by atoms with Gasteiger partial charge in [-0.05, 0) is 30.5 Å². The summed E-state index contributed by atoms with van der Waals surface area (Å²) in [5.74, 6) is -0.310. The number of hydrogen-bond acceptors (Lipinski definition) is 2. The predicted molar refractivity (Wildman–Crippen MR) is 80.9 cm³/mol. The third kappa shape index (κ3) is 4.13. The molecule has 0 unspecified atom stereocenters. The van der Waals surface area contributed by atoms with Gasteiger partial charge >= 0.3 is 0 Å². The van der Waals surface area contributed by atoms with Crippen molar-refractivity contribution >= 4 is 28.8 Å². The molecule has 1 saturated carbocycles. The predicted octanol–water partition coefficient (Wildman–Crippen LogP) is 3.51. The molecule has 1 aliphatic rings. The van der Waals surface area contributed by atoms with E-state index in [0.29, 0.717) is 29.1 Å². The zero-order valence-corrected chi connectivity index (χ0v) is 12.3. The van der Waals surface area contributed by atoms with E-state index in [1.54, 1.807) is 6.07 Å². The minimum absolute atomic E-state index is 0.310. The normalized spacial score (nSPS) is 16.2. The molecule has 0 radical (unpaired) electrons. The van der Waals surface area contributed by atoms with Crippen molar-refractivity contribution in [2.75, 3.05) is 6.54 Å². The second-order valence-electron chi connectivity index (χ2n) is 5.05. The maximum atomic E-state index is 13.1. The Morgan fingerprint density at radius 2 is 2.11 bits per heavy atom. The maximum absolute atomic E-state index is 13.1. The van der Waals surface area contributed by atoms with E-state index in [-0.39, 0.29) is 5.82 Å². The molecule has 1 aromatic rings. The van der Waals surface area contributed by atoms with Crippen molar-refractivity contribution in [2.24, 2.45) is 5.73 Å². The first kappa shape index (κ1) is 14.7. The van der Waals surface area contributed by atoms with Gasteiger partial charge in [0.2, 0.25) is 0 Å². The Balaban J connectivity index is 2.12. The standard InChI is InChI=1S/C14H18ClFN2S/c15-13-7-11(16)6-5-10(13)8-18(9-14(17)19)12-3-1-2-4-12/h5-7,12H,1-4,8-9H2,(H2,17,19). The average Bonchev–Trinajstić information content (AvgIpc) is 2.84. The van der Waals surface area contributed by atoms with Gasteiger partial charge in [-0.3, -0.25) is 4.90 Å². The molecule has 0 amide bonds. The van der Waals surface area contributed by atoms with Crippen LogP contribution in [0.1, 0.15) is 31.2 Å². The molecule has 0 heterocycles. The Bertz CT molecular complexity index is 461. The number of benzene rings is 1. The van der Waals surface area contributed by atoms with E-state index in [9.17, 15) is 4.39 Å². The number of nitrogens with two attached hydrogens (primary N) is 1. The summed E-state index contributed by atoms with van der Waals surface area (Å²) in [5, 5.41) is 0.464. The summed E-state index contributed by atoms with van der Waals surface area (Å²) in [7, 11) is 0. The lowest BCUT2D eigenvalue weighted by Crippen LogP contribution is -2.38. The summed E-state index contributed by atoms with van der Waals surface area (Å²) in [6, 6.07) is 5.03. The largest absolute Gasteiger partial charge is 0.392 e. The van der Waals surface area contributed by atoms with Crippen LogP contribution >= 0.6 is 23.8 Å². The summed E-state index contributed by atoms with van der Waals surface area (Å²) >= 11 is 11.1. The quantitative estimate of drug-likeness (QED) is 0.844. The van der Waals surface area contributed by atoms with Crippen LogP contribution in [0, 0.1) is 5.82 Å². The van der Waals surface area contributed by atoms with Crippen LogP contribution in [0.3, 0.4) is 0 Å². The van der Waals surface area contributed by atoms with E-state index in [2.05, 4.69) is 4.90 Å². The first-order chi connectivity index (χ1) is 9.06. The van der Waals surface area contributed by atoms with Crippen molar-refractivity contribution in [3.05, 3.63) is 34.6 Å². The minimum Gasteiger partial charge on any atom is -0.392 e. The molecule has 0 aromatic heterocycles. The average molecular weight is 301 g/mol. The molecule has 5 heteroatoms. The van der Waals surface area contributed by atoms with Gasteiger partial charge in [-0.15, -0.1) is 0 Å². The number of thiocarbonyl (C=S) groups is 1. The zero-order chi connectivity index (χ0) is 13.8. The molecular formula is C14H18ClFN2S. The lowest BCUT2D eigenvalue weighted by molar-refractivity contribution is 0.219. The zero-order valence-electron chi connectivity index (χ0n) is 10.7. The molecule has 1 fully saturated rings. The van der Waals surface area contributed by atoms with Gasteiger partial charge in [0, 0.05) is 24.2 Å². The highest BCUT2D eigenvalue weighted by Gasteiger charge is 2.23. The second kappa shape index (κ2) is 6.64. The molecule has 2 rings (SSSR count). The van der Waals surface area contributed by atoms with E-state index >= 15 is 0 Å². The minimum atomic E-state index is -0.310. The van der Waals surface area contributed by atoms with Crippen molar-refractivity contribution in [3.8, 4) is 0 Å². The highest BCUT2D eigenvalue weighted by Crippen LogP contribution is 2.26. The maximum Gasteiger partial charge on any atom is 0.124 e. The molecule has 0 spiro atoms. The highest BCUT2D eigenvalue weighted by molar-refractivity contribution is 7.80. The number of nitrogens with zero attached hydrogens (tertiary/aromatic N) is 1. The van der Waals surface area contributed by atoms with Crippen molar-refractivity contribution < 1.29 is 4.39 Å². The van der Waals surface area contributed by atoms with E-state index in [1.165, 1.54) is 37.8 Å². The molecule has 0 bridgehead atoms. The summed E-state index contributed by atoms with van der Waals surface area (Å²) in [5.41, 5.74) is 6.60. The highest BCUT2D eigenvalue weighted by atomic mass is 35.5. The topological polar surface area (TPSA) is 29.3 Å². The Hall–Kier alpha value is -0.710. The van der Waals surface area contributed by atoms with Crippen molar-refractivity contribution in [1.29, 1.82) is 0 Å². The molecule has 1 aromatic carbocycles. The fourth-order valence-electron chi connectivity index (χ4n) is 2.65. The summed E-state index contributed by atoms with van der Waals surface area (Å²) in [6.45, 7) is 1.26. The molecule has 0 saturated heterocycles. The van der Waals surface area contributed by atoms with Gasteiger partial charge in [-0.25, -0.2) is 4.39 Å². The van der Waals surface area contributed by atoms with Crippen LogP contribution in [0.5, 0.6) is 0 Å². The summed E-state index contributed by atoms with van der Waals surface area (Å²) < 4.78 is 13.1. The lowest BCUT2D eigenvalue weighted by Gasteiger charge is -2.28. The number of hydrogen-bond donors (Lipinski definition) is 1. The van der Waals surface area contributed by atoms with Gasteiger partial charge in [-0.2, -0.15) is 0 Å². The van der Waals surface area contributed by atoms with Crippen LogP contribution in [-0.2, 0) is 6.54 Å². The number of rotatable bonds is 5. The smallest absolute Gasteiger partial charge is 0.124 e. The first-order valence-electron chi connectivity index (χ1n) is 6.52. The van der Waals surface area contributed by atoms with Crippen LogP contribution in [0.4, 0.5) is 4.39 Å². The van der Waals surface area contributed by atoms with Gasteiger partial charge < -0.3 is 5.73 Å².